The normalized spacial score (nSPS) is 10.6. The fourth-order valence-electron chi connectivity index (χ4n) is 1.80. The lowest BCUT2D eigenvalue weighted by molar-refractivity contribution is -0.136. The number of benzene rings is 2. The summed E-state index contributed by atoms with van der Waals surface area (Å²) in [6, 6.07) is 11.3. The van der Waals surface area contributed by atoms with Gasteiger partial charge in [0.1, 0.15) is 5.82 Å². The predicted octanol–water partition coefficient (Wildman–Crippen LogP) is 2.53. The molecule has 5 nitrogen and oxygen atoms in total. The molecule has 2 rings (SSSR count). The quantitative estimate of drug-likeness (QED) is 0.519. The summed E-state index contributed by atoms with van der Waals surface area (Å²) in [6.45, 7) is 3.86. The van der Waals surface area contributed by atoms with Gasteiger partial charge < -0.3 is 5.32 Å². The van der Waals surface area contributed by atoms with Gasteiger partial charge in [0.2, 0.25) is 0 Å². The maximum absolute atomic E-state index is 13.3. The highest BCUT2D eigenvalue weighted by atomic mass is 19.1. The van der Waals surface area contributed by atoms with Gasteiger partial charge in [-0.2, -0.15) is 5.10 Å². The number of nitrogens with zero attached hydrogens (tertiary/aromatic N) is 1. The van der Waals surface area contributed by atoms with Crippen LogP contribution >= 0.6 is 0 Å². The maximum Gasteiger partial charge on any atom is 0.329 e. The maximum atomic E-state index is 13.3. The summed E-state index contributed by atoms with van der Waals surface area (Å²) in [5, 5.41) is 6.04. The molecule has 0 fully saturated rings. The number of anilines is 1. The third-order valence-corrected chi connectivity index (χ3v) is 3.25. The molecule has 2 aromatic carbocycles. The van der Waals surface area contributed by atoms with Crippen molar-refractivity contribution in [3.63, 3.8) is 0 Å². The highest BCUT2D eigenvalue weighted by molar-refractivity contribution is 6.39. The molecule has 0 spiro atoms. The highest BCUT2D eigenvalue weighted by Crippen LogP contribution is 2.13. The van der Waals surface area contributed by atoms with Gasteiger partial charge in [-0.3, -0.25) is 9.59 Å². The van der Waals surface area contributed by atoms with Crippen molar-refractivity contribution < 1.29 is 14.0 Å². The molecule has 2 amide bonds. The smallest absolute Gasteiger partial charge is 0.318 e. The van der Waals surface area contributed by atoms with Gasteiger partial charge in [0, 0.05) is 11.3 Å². The zero-order valence-electron chi connectivity index (χ0n) is 12.8. The van der Waals surface area contributed by atoms with Crippen molar-refractivity contribution in [3.05, 3.63) is 65.0 Å². The lowest BCUT2D eigenvalue weighted by Crippen LogP contribution is -2.32. The second-order valence-electron chi connectivity index (χ2n) is 4.97. The molecule has 2 N–H and O–H groups in total. The first-order valence-electron chi connectivity index (χ1n) is 6.93. The second-order valence-corrected chi connectivity index (χ2v) is 4.97. The molecule has 0 bridgehead atoms. The molecule has 2 aromatic rings. The SMILES string of the molecule is Cc1ccc(NC(=O)C(=O)NN=Cc2ccccc2F)cc1C. The number of hydrogen-bond acceptors (Lipinski definition) is 3. The number of rotatable bonds is 3. The minimum absolute atomic E-state index is 0.211. The van der Waals surface area contributed by atoms with Gasteiger partial charge in [-0.15, -0.1) is 0 Å². The number of hydrogen-bond donors (Lipinski definition) is 2. The van der Waals surface area contributed by atoms with E-state index in [4.69, 9.17) is 0 Å². The van der Waals surface area contributed by atoms with Crippen molar-refractivity contribution in [1.29, 1.82) is 0 Å². The molecule has 0 unspecified atom stereocenters. The minimum Gasteiger partial charge on any atom is -0.318 e. The van der Waals surface area contributed by atoms with Gasteiger partial charge in [0.25, 0.3) is 0 Å². The number of nitrogens with one attached hydrogen (secondary N) is 2. The Labute approximate surface area is 133 Å². The van der Waals surface area contributed by atoms with Crippen molar-refractivity contribution in [2.45, 2.75) is 13.8 Å². The first-order valence-corrected chi connectivity index (χ1v) is 6.93. The van der Waals surface area contributed by atoms with Crippen molar-refractivity contribution in [2.24, 2.45) is 5.10 Å². The van der Waals surface area contributed by atoms with E-state index in [1.54, 1.807) is 24.3 Å². The van der Waals surface area contributed by atoms with Crippen LogP contribution in [-0.4, -0.2) is 18.0 Å². The third-order valence-electron chi connectivity index (χ3n) is 3.25. The van der Waals surface area contributed by atoms with Crippen molar-refractivity contribution in [1.82, 2.24) is 5.43 Å². The van der Waals surface area contributed by atoms with Crippen molar-refractivity contribution in [2.75, 3.05) is 5.32 Å². The van der Waals surface area contributed by atoms with Crippen LogP contribution in [0.15, 0.2) is 47.6 Å². The zero-order chi connectivity index (χ0) is 16.8. The molecule has 0 aliphatic heterocycles. The van der Waals surface area contributed by atoms with Crippen LogP contribution in [0.25, 0.3) is 0 Å². The van der Waals surface area contributed by atoms with E-state index in [1.807, 2.05) is 19.9 Å². The van der Waals surface area contributed by atoms with Crippen LogP contribution in [0.1, 0.15) is 16.7 Å². The molecule has 0 saturated carbocycles. The Hall–Kier alpha value is -3.02. The zero-order valence-corrected chi connectivity index (χ0v) is 12.8. The van der Waals surface area contributed by atoms with Crippen LogP contribution < -0.4 is 10.7 Å². The van der Waals surface area contributed by atoms with Crippen LogP contribution in [0, 0.1) is 19.7 Å². The summed E-state index contributed by atoms with van der Waals surface area (Å²) in [6.07, 6.45) is 1.14. The molecule has 6 heteroatoms. The van der Waals surface area contributed by atoms with Crippen LogP contribution in [0.3, 0.4) is 0 Å². The van der Waals surface area contributed by atoms with Gasteiger partial charge in [-0.25, -0.2) is 9.82 Å². The monoisotopic (exact) mass is 313 g/mol. The molecule has 0 atom stereocenters. The lowest BCUT2D eigenvalue weighted by atomic mass is 10.1. The molecule has 23 heavy (non-hydrogen) atoms. The fourth-order valence-corrected chi connectivity index (χ4v) is 1.80. The van der Waals surface area contributed by atoms with Crippen LogP contribution in [-0.2, 0) is 9.59 Å². The highest BCUT2D eigenvalue weighted by Gasteiger charge is 2.13. The molecule has 0 aromatic heterocycles. The van der Waals surface area contributed by atoms with E-state index < -0.39 is 17.6 Å². The summed E-state index contributed by atoms with van der Waals surface area (Å²) in [7, 11) is 0. The number of carbonyl (C=O) groups excluding carboxylic acids is 2. The summed E-state index contributed by atoms with van der Waals surface area (Å²) in [5.74, 6) is -2.25. The topological polar surface area (TPSA) is 70.6 Å². The van der Waals surface area contributed by atoms with E-state index in [0.717, 1.165) is 17.3 Å². The Morgan fingerprint density at radius 2 is 1.78 bits per heavy atom. The first kappa shape index (κ1) is 16.4. The Kier molecular flexibility index (Phi) is 5.19. The Balaban J connectivity index is 1.94. The molecule has 0 aliphatic carbocycles. The number of halogens is 1. The molecule has 0 heterocycles. The van der Waals surface area contributed by atoms with Gasteiger partial charge in [-0.1, -0.05) is 24.3 Å². The van der Waals surface area contributed by atoms with Gasteiger partial charge in [0.05, 0.1) is 6.21 Å². The van der Waals surface area contributed by atoms with Crippen LogP contribution in [0.2, 0.25) is 0 Å². The van der Waals surface area contributed by atoms with E-state index in [2.05, 4.69) is 15.8 Å². The van der Waals surface area contributed by atoms with E-state index in [9.17, 15) is 14.0 Å². The van der Waals surface area contributed by atoms with E-state index in [1.165, 1.54) is 12.1 Å². The standard InChI is InChI=1S/C17H16FN3O2/c1-11-7-8-14(9-12(11)2)20-16(22)17(23)21-19-10-13-5-3-4-6-15(13)18/h3-10H,1-2H3,(H,20,22)(H,21,23). The van der Waals surface area contributed by atoms with Crippen LogP contribution in [0.4, 0.5) is 10.1 Å². The lowest BCUT2D eigenvalue weighted by Gasteiger charge is -2.06. The Morgan fingerprint density at radius 3 is 2.48 bits per heavy atom. The average molecular weight is 313 g/mol. The number of aryl methyl sites for hydroxylation is 2. The number of carbonyl (C=O) groups is 2. The third kappa shape index (κ3) is 4.47. The molecule has 0 aliphatic rings. The van der Waals surface area contributed by atoms with Gasteiger partial charge >= 0.3 is 11.8 Å². The first-order chi connectivity index (χ1) is 11.0. The number of hydrazone groups is 1. The fraction of sp³-hybridized carbons (Fsp3) is 0.118. The molecule has 0 saturated heterocycles. The van der Waals surface area contributed by atoms with Crippen LogP contribution in [0.5, 0.6) is 0 Å². The molecule has 118 valence electrons. The van der Waals surface area contributed by atoms with Crippen molar-refractivity contribution in [3.8, 4) is 0 Å². The Bertz CT molecular complexity index is 772. The summed E-state index contributed by atoms with van der Waals surface area (Å²) in [5.41, 5.74) is 4.87. The molecular weight excluding hydrogens is 297 g/mol. The van der Waals surface area contributed by atoms with Crippen molar-refractivity contribution >= 4 is 23.7 Å². The molecular formula is C17H16FN3O2. The minimum atomic E-state index is -0.934. The van der Waals surface area contributed by atoms with E-state index >= 15 is 0 Å². The largest absolute Gasteiger partial charge is 0.329 e. The molecule has 0 radical (unpaired) electrons. The van der Waals surface area contributed by atoms with E-state index in [0.29, 0.717) is 5.69 Å². The van der Waals surface area contributed by atoms with E-state index in [-0.39, 0.29) is 5.56 Å². The summed E-state index contributed by atoms with van der Waals surface area (Å²) in [4.78, 5) is 23.4. The Morgan fingerprint density at radius 1 is 1.04 bits per heavy atom. The second kappa shape index (κ2) is 7.31. The number of amides is 2. The predicted molar refractivity (Wildman–Crippen MR) is 86.7 cm³/mol. The average Bonchev–Trinajstić information content (AvgIpc) is 2.52. The van der Waals surface area contributed by atoms with Gasteiger partial charge in [-0.05, 0) is 43.2 Å². The van der Waals surface area contributed by atoms with Gasteiger partial charge in [0.15, 0.2) is 0 Å². The summed E-state index contributed by atoms with van der Waals surface area (Å²) >= 11 is 0. The summed E-state index contributed by atoms with van der Waals surface area (Å²) < 4.78 is 13.3.